The molecule has 3 aromatic carbocycles. The van der Waals surface area contributed by atoms with Crippen LogP contribution in [0.2, 0.25) is 5.02 Å². The Morgan fingerprint density at radius 1 is 0.903 bits per heavy atom. The number of urea groups is 1. The fraction of sp³-hybridized carbons (Fsp3) is 0.120. The van der Waals surface area contributed by atoms with Gasteiger partial charge in [-0.1, -0.05) is 29.8 Å². The lowest BCUT2D eigenvalue weighted by Gasteiger charge is -2.12. The molecule has 0 aliphatic heterocycles. The molecule has 0 saturated heterocycles. The van der Waals surface area contributed by atoms with Crippen molar-refractivity contribution in [3.8, 4) is 17.0 Å². The molecule has 5 nitrogen and oxygen atoms in total. The molecule has 4 aromatic rings. The lowest BCUT2D eigenvalue weighted by molar-refractivity contribution is 0.262. The zero-order valence-corrected chi connectivity index (χ0v) is 18.2. The Balaban J connectivity index is 1.60. The average molecular weight is 432 g/mol. The first-order valence-electron chi connectivity index (χ1n) is 9.83. The van der Waals surface area contributed by atoms with Crippen molar-refractivity contribution in [1.82, 2.24) is 4.98 Å². The van der Waals surface area contributed by atoms with Crippen LogP contribution in [0.3, 0.4) is 0 Å². The first-order chi connectivity index (χ1) is 14.9. The number of hydrogen-bond acceptors (Lipinski definition) is 3. The molecule has 0 aliphatic carbocycles. The Morgan fingerprint density at radius 3 is 2.35 bits per heavy atom. The zero-order chi connectivity index (χ0) is 22.0. The highest BCUT2D eigenvalue weighted by Gasteiger charge is 2.11. The van der Waals surface area contributed by atoms with Crippen LogP contribution >= 0.6 is 11.6 Å². The fourth-order valence-electron chi connectivity index (χ4n) is 3.35. The van der Waals surface area contributed by atoms with Crippen LogP contribution < -0.4 is 15.4 Å². The molecule has 0 saturated carbocycles. The maximum atomic E-state index is 12.5. The van der Waals surface area contributed by atoms with Crippen LogP contribution in [0.4, 0.5) is 16.2 Å². The van der Waals surface area contributed by atoms with Gasteiger partial charge in [0.25, 0.3) is 0 Å². The first-order valence-corrected chi connectivity index (χ1v) is 10.2. The summed E-state index contributed by atoms with van der Waals surface area (Å²) in [5.41, 5.74) is 6.11. The number of amides is 2. The van der Waals surface area contributed by atoms with E-state index in [0.717, 1.165) is 33.4 Å². The van der Waals surface area contributed by atoms with E-state index in [4.69, 9.17) is 21.3 Å². The highest BCUT2D eigenvalue weighted by molar-refractivity contribution is 6.30. The van der Waals surface area contributed by atoms with Gasteiger partial charge in [-0.05, 0) is 67.4 Å². The number of ether oxygens (including phenoxy) is 1. The minimum atomic E-state index is -0.315. The molecule has 1 aromatic heterocycles. The molecule has 6 heteroatoms. The van der Waals surface area contributed by atoms with Crippen molar-refractivity contribution in [3.63, 3.8) is 0 Å². The van der Waals surface area contributed by atoms with E-state index in [1.807, 2.05) is 80.6 Å². The van der Waals surface area contributed by atoms with Crippen LogP contribution in [0, 0.1) is 13.8 Å². The summed E-state index contributed by atoms with van der Waals surface area (Å²) in [6.07, 6.45) is 0. The molecule has 0 unspecified atom stereocenters. The smallest absolute Gasteiger partial charge is 0.323 e. The number of aromatic nitrogens is 1. The molecule has 0 fully saturated rings. The molecule has 0 spiro atoms. The van der Waals surface area contributed by atoms with Crippen LogP contribution in [0.25, 0.3) is 22.2 Å². The minimum Gasteiger partial charge on any atom is -0.496 e. The molecule has 0 atom stereocenters. The summed E-state index contributed by atoms with van der Waals surface area (Å²) in [6, 6.07) is 20.4. The summed E-state index contributed by atoms with van der Waals surface area (Å²) < 4.78 is 5.60. The number of anilines is 2. The molecule has 0 bridgehead atoms. The first kappa shape index (κ1) is 20.7. The van der Waals surface area contributed by atoms with E-state index >= 15 is 0 Å². The van der Waals surface area contributed by atoms with Gasteiger partial charge < -0.3 is 15.4 Å². The Labute approximate surface area is 186 Å². The summed E-state index contributed by atoms with van der Waals surface area (Å²) >= 11 is 6.12. The Bertz CT molecular complexity index is 1290. The summed E-state index contributed by atoms with van der Waals surface area (Å²) in [7, 11) is 1.61. The van der Waals surface area contributed by atoms with Crippen LogP contribution in [0.1, 0.15) is 11.1 Å². The lowest BCUT2D eigenvalue weighted by atomic mass is 10.1. The second kappa shape index (κ2) is 8.66. The molecule has 4 rings (SSSR count). The normalized spacial score (nSPS) is 10.7. The summed E-state index contributed by atoms with van der Waals surface area (Å²) in [6.45, 7) is 4.05. The van der Waals surface area contributed by atoms with Crippen LogP contribution in [-0.4, -0.2) is 18.1 Å². The fourth-order valence-corrected chi connectivity index (χ4v) is 3.54. The van der Waals surface area contributed by atoms with Crippen LogP contribution in [0.15, 0.2) is 66.7 Å². The largest absolute Gasteiger partial charge is 0.496 e. The number of benzene rings is 3. The summed E-state index contributed by atoms with van der Waals surface area (Å²) in [5, 5.41) is 7.18. The molecule has 156 valence electrons. The van der Waals surface area contributed by atoms with Crippen molar-refractivity contribution in [2.24, 2.45) is 0 Å². The van der Waals surface area contributed by atoms with Gasteiger partial charge in [-0.15, -0.1) is 0 Å². The second-order valence-corrected chi connectivity index (χ2v) is 7.77. The highest BCUT2D eigenvalue weighted by atomic mass is 35.5. The predicted octanol–water partition coefficient (Wildman–Crippen LogP) is 6.82. The van der Waals surface area contributed by atoms with Gasteiger partial charge in [-0.3, -0.25) is 0 Å². The molecular formula is C25H22ClN3O2. The summed E-state index contributed by atoms with van der Waals surface area (Å²) in [4.78, 5) is 17.2. The van der Waals surface area contributed by atoms with Gasteiger partial charge in [0.05, 0.1) is 18.3 Å². The van der Waals surface area contributed by atoms with Gasteiger partial charge in [0.15, 0.2) is 0 Å². The molecule has 0 aliphatic rings. The van der Waals surface area contributed by atoms with Crippen LogP contribution in [-0.2, 0) is 0 Å². The standard InChI is InChI=1S/C25H22ClN3O2/c1-15-7-8-19(11-16(15)2)27-25(30)28-20-9-10-22-21(13-20)24(31-3)14-23(29-22)17-5-4-6-18(26)12-17/h4-14H,1-3H3,(H2,27,28,30). The van der Waals surface area contributed by atoms with Gasteiger partial charge >= 0.3 is 6.03 Å². The van der Waals surface area contributed by atoms with Crippen molar-refractivity contribution in [1.29, 1.82) is 0 Å². The number of fused-ring (bicyclic) bond motifs is 1. The van der Waals surface area contributed by atoms with Gasteiger partial charge in [0.2, 0.25) is 0 Å². The topological polar surface area (TPSA) is 63.2 Å². The van der Waals surface area contributed by atoms with Crippen LogP contribution in [0.5, 0.6) is 5.75 Å². The van der Waals surface area contributed by atoms with E-state index in [-0.39, 0.29) is 6.03 Å². The molecule has 2 amide bonds. The van der Waals surface area contributed by atoms with Gasteiger partial charge in [0, 0.05) is 33.4 Å². The van der Waals surface area contributed by atoms with Gasteiger partial charge in [-0.2, -0.15) is 0 Å². The van der Waals surface area contributed by atoms with E-state index in [1.165, 1.54) is 5.56 Å². The number of carbonyl (C=O) groups is 1. The zero-order valence-electron chi connectivity index (χ0n) is 17.5. The SMILES string of the molecule is COc1cc(-c2cccc(Cl)c2)nc2ccc(NC(=O)Nc3ccc(C)c(C)c3)cc12. The molecule has 1 heterocycles. The van der Waals surface area contributed by atoms with Gasteiger partial charge in [0.1, 0.15) is 5.75 Å². The Morgan fingerprint density at radius 2 is 1.65 bits per heavy atom. The predicted molar refractivity (Wildman–Crippen MR) is 127 cm³/mol. The number of methoxy groups -OCH3 is 1. The van der Waals surface area contributed by atoms with E-state index in [0.29, 0.717) is 16.5 Å². The third kappa shape index (κ3) is 4.62. The van der Waals surface area contributed by atoms with Crippen molar-refractivity contribution in [2.75, 3.05) is 17.7 Å². The van der Waals surface area contributed by atoms with Crippen molar-refractivity contribution in [2.45, 2.75) is 13.8 Å². The van der Waals surface area contributed by atoms with Crippen molar-refractivity contribution < 1.29 is 9.53 Å². The highest BCUT2D eigenvalue weighted by Crippen LogP contribution is 2.32. The number of nitrogens with zero attached hydrogens (tertiary/aromatic N) is 1. The number of rotatable bonds is 4. The Hall–Kier alpha value is -3.57. The van der Waals surface area contributed by atoms with E-state index < -0.39 is 0 Å². The Kier molecular flexibility index (Phi) is 5.78. The molecule has 2 N–H and O–H groups in total. The average Bonchev–Trinajstić information content (AvgIpc) is 2.75. The van der Waals surface area contributed by atoms with Crippen molar-refractivity contribution in [3.05, 3.63) is 82.9 Å². The summed E-state index contributed by atoms with van der Waals surface area (Å²) in [5.74, 6) is 0.665. The van der Waals surface area contributed by atoms with Gasteiger partial charge in [-0.25, -0.2) is 9.78 Å². The molecule has 0 radical (unpaired) electrons. The number of pyridine rings is 1. The maximum Gasteiger partial charge on any atom is 0.323 e. The van der Waals surface area contributed by atoms with E-state index in [2.05, 4.69) is 10.6 Å². The number of halogens is 1. The maximum absolute atomic E-state index is 12.5. The number of carbonyl (C=O) groups excluding carboxylic acids is 1. The third-order valence-corrected chi connectivity index (χ3v) is 5.37. The monoisotopic (exact) mass is 431 g/mol. The third-order valence-electron chi connectivity index (χ3n) is 5.13. The lowest BCUT2D eigenvalue weighted by Crippen LogP contribution is -2.19. The van der Waals surface area contributed by atoms with E-state index in [9.17, 15) is 4.79 Å². The molecule has 31 heavy (non-hydrogen) atoms. The quantitative estimate of drug-likeness (QED) is 0.372. The minimum absolute atomic E-state index is 0.315. The number of nitrogens with one attached hydrogen (secondary N) is 2. The second-order valence-electron chi connectivity index (χ2n) is 7.33. The van der Waals surface area contributed by atoms with Crippen molar-refractivity contribution >= 4 is 39.9 Å². The number of hydrogen-bond donors (Lipinski definition) is 2. The molecular weight excluding hydrogens is 410 g/mol. The number of aryl methyl sites for hydroxylation is 2. The van der Waals surface area contributed by atoms with E-state index in [1.54, 1.807) is 7.11 Å².